The van der Waals surface area contributed by atoms with Crippen LogP contribution in [-0.2, 0) is 22.2 Å². The fourth-order valence-electron chi connectivity index (χ4n) is 2.30. The Balaban J connectivity index is 1.57. The van der Waals surface area contributed by atoms with Crippen LogP contribution < -0.4 is 4.72 Å². The van der Waals surface area contributed by atoms with Gasteiger partial charge in [0.2, 0.25) is 10.0 Å². The molecular weight excluding hydrogens is 317 g/mol. The minimum atomic E-state index is -3.46. The van der Waals surface area contributed by atoms with Crippen molar-refractivity contribution in [2.75, 3.05) is 6.54 Å². The van der Waals surface area contributed by atoms with Crippen molar-refractivity contribution >= 4 is 21.1 Å². The van der Waals surface area contributed by atoms with E-state index in [4.69, 9.17) is 0 Å². The molecule has 0 unspecified atom stereocenters. The highest BCUT2D eigenvalue weighted by atomic mass is 32.2. The molecular formula is C16H16FN3O2S. The lowest BCUT2D eigenvalue weighted by atomic mass is 10.2. The highest BCUT2D eigenvalue weighted by Crippen LogP contribution is 2.10. The minimum absolute atomic E-state index is 0.173. The monoisotopic (exact) mass is 333 g/mol. The molecule has 3 rings (SSSR count). The lowest BCUT2D eigenvalue weighted by Crippen LogP contribution is -2.27. The summed E-state index contributed by atoms with van der Waals surface area (Å²) in [4.78, 5) is 7.54. The van der Waals surface area contributed by atoms with Crippen molar-refractivity contribution in [2.24, 2.45) is 0 Å². The van der Waals surface area contributed by atoms with Gasteiger partial charge < -0.3 is 4.98 Å². The summed E-state index contributed by atoms with van der Waals surface area (Å²) in [7, 11) is -3.46. The normalized spacial score (nSPS) is 11.9. The Morgan fingerprint density at radius 3 is 2.57 bits per heavy atom. The van der Waals surface area contributed by atoms with Gasteiger partial charge in [0.25, 0.3) is 0 Å². The van der Waals surface area contributed by atoms with Crippen LogP contribution in [0.25, 0.3) is 11.0 Å². The zero-order valence-electron chi connectivity index (χ0n) is 12.3. The Labute approximate surface area is 133 Å². The second-order valence-electron chi connectivity index (χ2n) is 5.23. The molecule has 0 fully saturated rings. The molecule has 0 aliphatic heterocycles. The van der Waals surface area contributed by atoms with Gasteiger partial charge in [0, 0.05) is 13.0 Å². The summed E-state index contributed by atoms with van der Waals surface area (Å²) in [5.74, 6) is 0.174. The van der Waals surface area contributed by atoms with Crippen LogP contribution in [-0.4, -0.2) is 24.9 Å². The molecule has 0 aliphatic carbocycles. The number of rotatable bonds is 6. The summed E-state index contributed by atoms with van der Waals surface area (Å²) < 4.78 is 39.4. The second-order valence-corrected chi connectivity index (χ2v) is 7.04. The molecule has 0 radical (unpaired) electrons. The summed E-state index contributed by atoms with van der Waals surface area (Å²) in [5, 5.41) is 0. The van der Waals surface area contributed by atoms with Crippen molar-refractivity contribution in [3.63, 3.8) is 0 Å². The van der Waals surface area contributed by atoms with E-state index in [1.165, 1.54) is 24.3 Å². The number of imidazole rings is 1. The van der Waals surface area contributed by atoms with Crippen molar-refractivity contribution in [1.29, 1.82) is 0 Å². The summed E-state index contributed by atoms with van der Waals surface area (Å²) in [6, 6.07) is 13.1. The van der Waals surface area contributed by atoms with E-state index in [0.717, 1.165) is 16.9 Å². The maximum absolute atomic E-state index is 12.8. The Hall–Kier alpha value is -2.25. The van der Waals surface area contributed by atoms with E-state index in [9.17, 15) is 12.8 Å². The summed E-state index contributed by atoms with van der Waals surface area (Å²) in [5.41, 5.74) is 2.33. The van der Waals surface area contributed by atoms with Crippen LogP contribution in [0.1, 0.15) is 11.4 Å². The van der Waals surface area contributed by atoms with Gasteiger partial charge in [-0.05, 0) is 29.8 Å². The molecule has 0 saturated carbocycles. The van der Waals surface area contributed by atoms with Crippen molar-refractivity contribution in [3.8, 4) is 0 Å². The van der Waals surface area contributed by atoms with E-state index in [0.29, 0.717) is 12.0 Å². The first-order valence-corrected chi connectivity index (χ1v) is 8.82. The Morgan fingerprint density at radius 2 is 1.83 bits per heavy atom. The minimum Gasteiger partial charge on any atom is -0.342 e. The van der Waals surface area contributed by atoms with Crippen molar-refractivity contribution < 1.29 is 12.8 Å². The van der Waals surface area contributed by atoms with E-state index < -0.39 is 10.0 Å². The molecule has 23 heavy (non-hydrogen) atoms. The average molecular weight is 333 g/mol. The summed E-state index contributed by atoms with van der Waals surface area (Å²) in [6.45, 7) is 0.253. The van der Waals surface area contributed by atoms with Crippen molar-refractivity contribution in [1.82, 2.24) is 14.7 Å². The van der Waals surface area contributed by atoms with Crippen LogP contribution in [0, 0.1) is 5.82 Å². The first-order chi connectivity index (χ1) is 11.0. The highest BCUT2D eigenvalue weighted by molar-refractivity contribution is 7.88. The smallest absolute Gasteiger partial charge is 0.215 e. The van der Waals surface area contributed by atoms with Gasteiger partial charge in [0.1, 0.15) is 11.6 Å². The Kier molecular flexibility index (Phi) is 4.40. The lowest BCUT2D eigenvalue weighted by Gasteiger charge is -2.06. The first-order valence-electron chi connectivity index (χ1n) is 7.17. The third-order valence-corrected chi connectivity index (χ3v) is 4.75. The topological polar surface area (TPSA) is 74.8 Å². The molecule has 1 aromatic heterocycles. The average Bonchev–Trinajstić information content (AvgIpc) is 2.92. The summed E-state index contributed by atoms with van der Waals surface area (Å²) in [6.07, 6.45) is 0.470. The fourth-order valence-corrected chi connectivity index (χ4v) is 3.45. The summed E-state index contributed by atoms with van der Waals surface area (Å²) >= 11 is 0. The molecule has 0 saturated heterocycles. The van der Waals surface area contributed by atoms with E-state index in [1.807, 2.05) is 24.3 Å². The van der Waals surface area contributed by atoms with E-state index in [2.05, 4.69) is 14.7 Å². The van der Waals surface area contributed by atoms with Gasteiger partial charge in [0.05, 0.1) is 16.8 Å². The number of hydrogen-bond acceptors (Lipinski definition) is 3. The second kappa shape index (κ2) is 6.47. The van der Waals surface area contributed by atoms with Gasteiger partial charge >= 0.3 is 0 Å². The molecule has 5 nitrogen and oxygen atoms in total. The molecule has 120 valence electrons. The Bertz CT molecular complexity index is 871. The van der Waals surface area contributed by atoms with Gasteiger partial charge in [0.15, 0.2) is 0 Å². The van der Waals surface area contributed by atoms with Crippen LogP contribution in [0.4, 0.5) is 4.39 Å². The zero-order chi connectivity index (χ0) is 16.3. The van der Waals surface area contributed by atoms with Crippen LogP contribution in [0.5, 0.6) is 0 Å². The molecule has 0 spiro atoms. The SMILES string of the molecule is O=S(=O)(Cc1ccc(F)cc1)NCCc1nc2ccccc2[nH]1. The number of halogens is 1. The largest absolute Gasteiger partial charge is 0.342 e. The van der Waals surface area contributed by atoms with Crippen LogP contribution >= 0.6 is 0 Å². The quantitative estimate of drug-likeness (QED) is 0.727. The number of aromatic nitrogens is 2. The van der Waals surface area contributed by atoms with Gasteiger partial charge in [-0.2, -0.15) is 0 Å². The lowest BCUT2D eigenvalue weighted by molar-refractivity contribution is 0.580. The fraction of sp³-hybridized carbons (Fsp3) is 0.188. The number of nitrogens with one attached hydrogen (secondary N) is 2. The van der Waals surface area contributed by atoms with Crippen LogP contribution in [0.15, 0.2) is 48.5 Å². The molecule has 0 bridgehead atoms. The highest BCUT2D eigenvalue weighted by Gasteiger charge is 2.11. The molecule has 3 aromatic rings. The predicted octanol–water partition coefficient (Wildman–Crippen LogP) is 2.36. The van der Waals surface area contributed by atoms with E-state index in [1.54, 1.807) is 0 Å². The molecule has 7 heteroatoms. The number of fused-ring (bicyclic) bond motifs is 1. The third kappa shape index (κ3) is 4.14. The zero-order valence-corrected chi connectivity index (χ0v) is 13.1. The third-order valence-electron chi connectivity index (χ3n) is 3.39. The number of H-pyrrole nitrogens is 1. The van der Waals surface area contributed by atoms with Gasteiger partial charge in [-0.1, -0.05) is 24.3 Å². The molecule has 1 heterocycles. The predicted molar refractivity (Wildman–Crippen MR) is 86.8 cm³/mol. The van der Waals surface area contributed by atoms with Crippen molar-refractivity contribution in [3.05, 3.63) is 65.7 Å². The van der Waals surface area contributed by atoms with Crippen LogP contribution in [0.2, 0.25) is 0 Å². The molecule has 2 aromatic carbocycles. The van der Waals surface area contributed by atoms with Gasteiger partial charge in [-0.25, -0.2) is 22.5 Å². The first kappa shape index (κ1) is 15.6. The molecule has 0 atom stereocenters. The number of aromatic amines is 1. The number of nitrogens with zero attached hydrogens (tertiary/aromatic N) is 1. The van der Waals surface area contributed by atoms with Crippen LogP contribution in [0.3, 0.4) is 0 Å². The Morgan fingerprint density at radius 1 is 1.09 bits per heavy atom. The van der Waals surface area contributed by atoms with E-state index >= 15 is 0 Å². The number of para-hydroxylation sites is 2. The maximum atomic E-state index is 12.8. The number of hydrogen-bond donors (Lipinski definition) is 2. The number of sulfonamides is 1. The molecule has 0 amide bonds. The molecule has 2 N–H and O–H groups in total. The standard InChI is InChI=1S/C16H16FN3O2S/c17-13-7-5-12(6-8-13)11-23(21,22)18-10-9-16-19-14-3-1-2-4-15(14)20-16/h1-8,18H,9-11H2,(H,19,20). The van der Waals surface area contributed by atoms with Gasteiger partial charge in [-0.15, -0.1) is 0 Å². The van der Waals surface area contributed by atoms with Crippen molar-refractivity contribution in [2.45, 2.75) is 12.2 Å². The maximum Gasteiger partial charge on any atom is 0.215 e. The number of benzene rings is 2. The molecule has 0 aliphatic rings. The van der Waals surface area contributed by atoms with Gasteiger partial charge in [-0.3, -0.25) is 0 Å². The van der Waals surface area contributed by atoms with E-state index in [-0.39, 0.29) is 18.1 Å².